The van der Waals surface area contributed by atoms with Crippen molar-refractivity contribution in [1.82, 2.24) is 4.98 Å². The number of hydrogen-bond donors (Lipinski definition) is 1. The molecule has 1 unspecified atom stereocenters. The first-order chi connectivity index (χ1) is 9.39. The first kappa shape index (κ1) is 15.3. The van der Waals surface area contributed by atoms with Gasteiger partial charge in [0.1, 0.15) is 5.82 Å². The molecule has 1 fully saturated rings. The van der Waals surface area contributed by atoms with Gasteiger partial charge < -0.3 is 10.6 Å². The van der Waals surface area contributed by atoms with Crippen LogP contribution in [0.4, 0.5) is 5.82 Å². The summed E-state index contributed by atoms with van der Waals surface area (Å²) >= 11 is 0. The molecule has 20 heavy (non-hydrogen) atoms. The lowest BCUT2D eigenvalue weighted by molar-refractivity contribution is 0.220. The molecule has 0 bridgehead atoms. The van der Waals surface area contributed by atoms with Gasteiger partial charge in [-0.1, -0.05) is 26.8 Å². The zero-order valence-corrected chi connectivity index (χ0v) is 13.4. The number of hydrogen-bond acceptors (Lipinski definition) is 3. The second-order valence-corrected chi connectivity index (χ2v) is 7.19. The van der Waals surface area contributed by atoms with E-state index in [1.54, 1.807) is 0 Å². The fourth-order valence-corrected chi connectivity index (χ4v) is 3.20. The summed E-state index contributed by atoms with van der Waals surface area (Å²) in [6, 6.07) is 4.14. The Bertz CT molecular complexity index is 434. The lowest BCUT2D eigenvalue weighted by Gasteiger charge is -2.30. The summed E-state index contributed by atoms with van der Waals surface area (Å²) in [6.07, 6.45) is 5.70. The van der Waals surface area contributed by atoms with Crippen molar-refractivity contribution in [3.05, 3.63) is 23.9 Å². The second kappa shape index (κ2) is 6.13. The summed E-state index contributed by atoms with van der Waals surface area (Å²) in [5.41, 5.74) is 7.67. The smallest absolute Gasteiger partial charge is 0.133 e. The molecule has 1 aliphatic heterocycles. The predicted octanol–water partition coefficient (Wildman–Crippen LogP) is 3.75. The Labute approximate surface area is 123 Å². The standard InChI is InChI=1S/C17H29N3/c1-13(18)15-8-5-10-19-16(15)20-11-6-7-14(9-12-20)17(2,3)4/h5,8,10,13-14H,6-7,9,11-12,18H2,1-4H3/t13-,14?/m0/s1. The maximum atomic E-state index is 6.09. The van der Waals surface area contributed by atoms with Gasteiger partial charge in [-0.3, -0.25) is 0 Å². The van der Waals surface area contributed by atoms with Gasteiger partial charge >= 0.3 is 0 Å². The van der Waals surface area contributed by atoms with E-state index in [1.165, 1.54) is 24.8 Å². The third-order valence-corrected chi connectivity index (χ3v) is 4.56. The molecule has 1 saturated heterocycles. The molecular weight excluding hydrogens is 246 g/mol. The Morgan fingerprint density at radius 1 is 1.30 bits per heavy atom. The molecule has 0 saturated carbocycles. The normalized spacial score (nSPS) is 22.4. The highest BCUT2D eigenvalue weighted by Crippen LogP contribution is 2.35. The Morgan fingerprint density at radius 3 is 2.70 bits per heavy atom. The Hall–Kier alpha value is -1.09. The Morgan fingerprint density at radius 2 is 2.05 bits per heavy atom. The third kappa shape index (κ3) is 3.51. The van der Waals surface area contributed by atoms with Gasteiger partial charge in [0.2, 0.25) is 0 Å². The molecule has 0 amide bonds. The van der Waals surface area contributed by atoms with E-state index in [1.807, 2.05) is 19.2 Å². The SMILES string of the molecule is C[C@H](N)c1cccnc1N1CCCC(C(C)(C)C)CC1. The van der Waals surface area contributed by atoms with Gasteiger partial charge in [-0.05, 0) is 43.6 Å². The first-order valence-electron chi connectivity index (χ1n) is 7.85. The quantitative estimate of drug-likeness (QED) is 0.893. The van der Waals surface area contributed by atoms with Crippen LogP contribution in [-0.4, -0.2) is 18.1 Å². The molecule has 0 aliphatic carbocycles. The summed E-state index contributed by atoms with van der Waals surface area (Å²) < 4.78 is 0. The van der Waals surface area contributed by atoms with E-state index in [9.17, 15) is 0 Å². The molecule has 2 atom stereocenters. The summed E-state index contributed by atoms with van der Waals surface area (Å²) in [6.45, 7) is 11.3. The fraction of sp³-hybridized carbons (Fsp3) is 0.706. The summed E-state index contributed by atoms with van der Waals surface area (Å²) in [7, 11) is 0. The highest BCUT2D eigenvalue weighted by atomic mass is 15.2. The molecule has 0 spiro atoms. The molecule has 112 valence electrons. The highest BCUT2D eigenvalue weighted by molar-refractivity contribution is 5.48. The summed E-state index contributed by atoms with van der Waals surface area (Å²) in [5.74, 6) is 1.90. The van der Waals surface area contributed by atoms with Gasteiger partial charge in [-0.25, -0.2) is 4.98 Å². The fourth-order valence-electron chi connectivity index (χ4n) is 3.20. The summed E-state index contributed by atoms with van der Waals surface area (Å²) in [4.78, 5) is 7.03. The van der Waals surface area contributed by atoms with Crippen LogP contribution in [0.25, 0.3) is 0 Å². The van der Waals surface area contributed by atoms with Crippen LogP contribution >= 0.6 is 0 Å². The van der Waals surface area contributed by atoms with E-state index in [-0.39, 0.29) is 6.04 Å². The van der Waals surface area contributed by atoms with Crippen molar-refractivity contribution in [2.75, 3.05) is 18.0 Å². The van der Waals surface area contributed by atoms with Gasteiger partial charge in [-0.2, -0.15) is 0 Å². The zero-order chi connectivity index (χ0) is 14.8. The van der Waals surface area contributed by atoms with Crippen LogP contribution in [0.5, 0.6) is 0 Å². The maximum Gasteiger partial charge on any atom is 0.133 e. The predicted molar refractivity (Wildman–Crippen MR) is 85.8 cm³/mol. The van der Waals surface area contributed by atoms with Crippen LogP contribution in [0.3, 0.4) is 0 Å². The van der Waals surface area contributed by atoms with Gasteiger partial charge in [0, 0.05) is 30.9 Å². The van der Waals surface area contributed by atoms with E-state index in [0.717, 1.165) is 24.8 Å². The van der Waals surface area contributed by atoms with E-state index >= 15 is 0 Å². The largest absolute Gasteiger partial charge is 0.356 e. The molecule has 1 aromatic rings. The zero-order valence-electron chi connectivity index (χ0n) is 13.4. The third-order valence-electron chi connectivity index (χ3n) is 4.56. The average Bonchev–Trinajstić information content (AvgIpc) is 2.63. The first-order valence-corrected chi connectivity index (χ1v) is 7.85. The molecule has 3 nitrogen and oxygen atoms in total. The minimum atomic E-state index is 0.0420. The number of anilines is 1. The number of rotatable bonds is 2. The van der Waals surface area contributed by atoms with Crippen LogP contribution < -0.4 is 10.6 Å². The minimum absolute atomic E-state index is 0.0420. The van der Waals surface area contributed by atoms with Gasteiger partial charge in [0.15, 0.2) is 0 Å². The number of nitrogens with zero attached hydrogens (tertiary/aromatic N) is 2. The molecule has 2 rings (SSSR count). The lowest BCUT2D eigenvalue weighted by atomic mass is 9.77. The van der Waals surface area contributed by atoms with Gasteiger partial charge in [0.05, 0.1) is 0 Å². The monoisotopic (exact) mass is 275 g/mol. The molecule has 3 heteroatoms. The van der Waals surface area contributed by atoms with Crippen molar-refractivity contribution in [2.24, 2.45) is 17.1 Å². The minimum Gasteiger partial charge on any atom is -0.356 e. The highest BCUT2D eigenvalue weighted by Gasteiger charge is 2.28. The molecule has 0 radical (unpaired) electrons. The summed E-state index contributed by atoms with van der Waals surface area (Å²) in [5, 5.41) is 0. The van der Waals surface area contributed by atoms with Crippen molar-refractivity contribution in [3.8, 4) is 0 Å². The van der Waals surface area contributed by atoms with Gasteiger partial charge in [0.25, 0.3) is 0 Å². The second-order valence-electron chi connectivity index (χ2n) is 7.19. The molecule has 2 N–H and O–H groups in total. The molecular formula is C17H29N3. The van der Waals surface area contributed by atoms with E-state index in [2.05, 4.69) is 36.7 Å². The van der Waals surface area contributed by atoms with Crippen LogP contribution in [0.15, 0.2) is 18.3 Å². The van der Waals surface area contributed by atoms with Crippen LogP contribution in [0.1, 0.15) is 58.6 Å². The Kier molecular flexibility index (Phi) is 4.69. The molecule has 2 heterocycles. The van der Waals surface area contributed by atoms with Crippen molar-refractivity contribution in [1.29, 1.82) is 0 Å². The van der Waals surface area contributed by atoms with Crippen molar-refractivity contribution >= 4 is 5.82 Å². The molecule has 1 aliphatic rings. The van der Waals surface area contributed by atoms with Crippen molar-refractivity contribution in [2.45, 2.75) is 53.0 Å². The van der Waals surface area contributed by atoms with Gasteiger partial charge in [-0.15, -0.1) is 0 Å². The van der Waals surface area contributed by atoms with Crippen LogP contribution in [0, 0.1) is 11.3 Å². The lowest BCUT2D eigenvalue weighted by Crippen LogP contribution is -2.28. The van der Waals surface area contributed by atoms with E-state index in [4.69, 9.17) is 5.73 Å². The van der Waals surface area contributed by atoms with E-state index < -0.39 is 0 Å². The van der Waals surface area contributed by atoms with Crippen molar-refractivity contribution in [3.63, 3.8) is 0 Å². The average molecular weight is 275 g/mol. The van der Waals surface area contributed by atoms with E-state index in [0.29, 0.717) is 5.41 Å². The number of aromatic nitrogens is 1. The molecule has 1 aromatic heterocycles. The topological polar surface area (TPSA) is 42.1 Å². The Balaban J connectivity index is 2.15. The van der Waals surface area contributed by atoms with Crippen LogP contribution in [0.2, 0.25) is 0 Å². The molecule has 0 aromatic carbocycles. The van der Waals surface area contributed by atoms with Crippen LogP contribution in [-0.2, 0) is 0 Å². The number of pyridine rings is 1. The maximum absolute atomic E-state index is 6.09. The number of nitrogens with two attached hydrogens (primary N) is 1. The van der Waals surface area contributed by atoms with Crippen molar-refractivity contribution < 1.29 is 0 Å².